The molecule has 0 spiro atoms. The van der Waals surface area contributed by atoms with E-state index in [0.29, 0.717) is 12.6 Å². The van der Waals surface area contributed by atoms with Gasteiger partial charge < -0.3 is 10.0 Å². The highest BCUT2D eigenvalue weighted by molar-refractivity contribution is 5.79. The number of rotatable bonds is 1. The minimum absolute atomic E-state index is 0.0629. The predicted molar refractivity (Wildman–Crippen MR) is 55.9 cm³/mol. The first-order chi connectivity index (χ1) is 6.52. The molecule has 3 aliphatic rings. The number of carbonyl (C=O) groups excluding carboxylic acids is 1. The highest BCUT2D eigenvalue weighted by atomic mass is 16.3. The summed E-state index contributed by atoms with van der Waals surface area (Å²) in [4.78, 5) is 13.4. The van der Waals surface area contributed by atoms with Crippen LogP contribution >= 0.6 is 0 Å². The number of aliphatic hydroxyl groups is 1. The average molecular weight is 199 g/mol. The molecule has 1 aliphatic carbocycles. The van der Waals surface area contributed by atoms with Crippen molar-refractivity contribution in [3.63, 3.8) is 0 Å². The Kier molecular flexibility index (Phi) is 3.20. The smallest absolute Gasteiger partial charge is 0.225 e. The van der Waals surface area contributed by atoms with Crippen LogP contribution in [0.5, 0.6) is 0 Å². The second-order valence-electron chi connectivity index (χ2n) is 4.41. The fraction of sp³-hybridized carbons (Fsp3) is 0.909. The van der Waals surface area contributed by atoms with Crippen molar-refractivity contribution in [1.29, 1.82) is 0 Å². The number of hydrogen-bond acceptors (Lipinski definition) is 2. The predicted octanol–water partition coefficient (Wildman–Crippen LogP) is 1.40. The van der Waals surface area contributed by atoms with Crippen LogP contribution in [0.1, 0.15) is 40.5 Å². The molecule has 0 atom stereocenters. The molecule has 2 heterocycles. The van der Waals surface area contributed by atoms with E-state index in [2.05, 4.69) is 0 Å². The maximum Gasteiger partial charge on any atom is 0.225 e. The number of amides is 1. The van der Waals surface area contributed by atoms with Gasteiger partial charge in [-0.1, -0.05) is 27.7 Å². The van der Waals surface area contributed by atoms with Gasteiger partial charge in [0.1, 0.15) is 0 Å². The zero-order valence-corrected chi connectivity index (χ0v) is 9.58. The highest BCUT2D eigenvalue weighted by Gasteiger charge is 2.55. The first kappa shape index (κ1) is 11.5. The van der Waals surface area contributed by atoms with Crippen molar-refractivity contribution in [3.8, 4) is 0 Å². The summed E-state index contributed by atoms with van der Waals surface area (Å²) in [5, 5.41) is 9.67. The van der Waals surface area contributed by atoms with Gasteiger partial charge in [0.15, 0.2) is 0 Å². The molecule has 2 aliphatic heterocycles. The summed E-state index contributed by atoms with van der Waals surface area (Å²) in [5.74, 6) is 0.251. The molecule has 82 valence electrons. The van der Waals surface area contributed by atoms with E-state index < -0.39 is 5.60 Å². The zero-order valence-electron chi connectivity index (χ0n) is 9.58. The van der Waals surface area contributed by atoms with Gasteiger partial charge in [-0.25, -0.2) is 0 Å². The van der Waals surface area contributed by atoms with Gasteiger partial charge in [-0.05, 0) is 12.8 Å². The third-order valence-corrected chi connectivity index (χ3v) is 2.91. The van der Waals surface area contributed by atoms with E-state index in [1.807, 2.05) is 32.6 Å². The molecule has 3 heteroatoms. The standard InChI is InChI=1S/C9H15NO2.C2H6/c1-6(2)8(11)10-5-9(12)3-7(10)4-9;1-2/h6-7,12H,3-5H2,1-2H3;1-2H3. The summed E-state index contributed by atoms with van der Waals surface area (Å²) < 4.78 is 0. The van der Waals surface area contributed by atoms with Crippen LogP contribution in [0.3, 0.4) is 0 Å². The molecule has 3 fully saturated rings. The van der Waals surface area contributed by atoms with E-state index in [0.717, 1.165) is 12.8 Å². The van der Waals surface area contributed by atoms with Gasteiger partial charge in [0.25, 0.3) is 0 Å². The lowest BCUT2D eigenvalue weighted by molar-refractivity contribution is -0.134. The topological polar surface area (TPSA) is 40.5 Å². The highest BCUT2D eigenvalue weighted by Crippen LogP contribution is 2.44. The number of fused-ring (bicyclic) bond motifs is 1. The van der Waals surface area contributed by atoms with Crippen molar-refractivity contribution < 1.29 is 9.90 Å². The molecule has 0 aromatic heterocycles. The summed E-state index contributed by atoms with van der Waals surface area (Å²) in [6.45, 7) is 8.37. The monoisotopic (exact) mass is 199 g/mol. The van der Waals surface area contributed by atoms with Crippen molar-refractivity contribution in [2.24, 2.45) is 5.92 Å². The molecule has 1 amide bonds. The minimum atomic E-state index is -0.519. The Balaban J connectivity index is 0.000000461. The van der Waals surface area contributed by atoms with E-state index in [4.69, 9.17) is 0 Å². The lowest BCUT2D eigenvalue weighted by atomic mass is 9.81. The van der Waals surface area contributed by atoms with Gasteiger partial charge in [-0.3, -0.25) is 4.79 Å². The van der Waals surface area contributed by atoms with Gasteiger partial charge >= 0.3 is 0 Å². The summed E-state index contributed by atoms with van der Waals surface area (Å²) in [6.07, 6.45) is 1.59. The van der Waals surface area contributed by atoms with E-state index in [1.54, 1.807) is 0 Å². The molecule has 14 heavy (non-hydrogen) atoms. The molecule has 3 rings (SSSR count). The Morgan fingerprint density at radius 3 is 2.21 bits per heavy atom. The van der Waals surface area contributed by atoms with Gasteiger partial charge in [0, 0.05) is 18.5 Å². The van der Waals surface area contributed by atoms with Crippen LogP contribution in [0, 0.1) is 5.92 Å². The first-order valence-electron chi connectivity index (χ1n) is 5.55. The first-order valence-corrected chi connectivity index (χ1v) is 5.55. The Labute approximate surface area is 86.1 Å². The maximum atomic E-state index is 11.5. The lowest BCUT2D eigenvalue weighted by Crippen LogP contribution is -2.41. The molecular formula is C11H21NO2. The van der Waals surface area contributed by atoms with E-state index >= 15 is 0 Å². The van der Waals surface area contributed by atoms with E-state index in [-0.39, 0.29) is 11.8 Å². The second-order valence-corrected chi connectivity index (χ2v) is 4.41. The molecule has 1 N–H and O–H groups in total. The molecule has 0 unspecified atom stereocenters. The largest absolute Gasteiger partial charge is 0.388 e. The quantitative estimate of drug-likeness (QED) is 0.693. The van der Waals surface area contributed by atoms with Crippen molar-refractivity contribution in [2.75, 3.05) is 6.54 Å². The molecular weight excluding hydrogens is 178 g/mol. The average Bonchev–Trinajstić information content (AvgIpc) is 2.59. The number of hydrogen-bond donors (Lipinski definition) is 1. The van der Waals surface area contributed by atoms with Crippen LogP contribution in [0.4, 0.5) is 0 Å². The van der Waals surface area contributed by atoms with Gasteiger partial charge in [0.05, 0.1) is 5.60 Å². The minimum Gasteiger partial charge on any atom is -0.388 e. The normalized spacial score (nSPS) is 33.6. The molecule has 1 saturated carbocycles. The third kappa shape index (κ3) is 1.78. The van der Waals surface area contributed by atoms with Crippen molar-refractivity contribution in [1.82, 2.24) is 4.90 Å². The summed E-state index contributed by atoms with van der Waals surface area (Å²) in [7, 11) is 0. The molecule has 0 aromatic rings. The summed E-state index contributed by atoms with van der Waals surface area (Å²) in [6, 6.07) is 0.338. The van der Waals surface area contributed by atoms with Crippen molar-refractivity contribution in [3.05, 3.63) is 0 Å². The van der Waals surface area contributed by atoms with Crippen LogP contribution in [0.2, 0.25) is 0 Å². The van der Waals surface area contributed by atoms with Crippen LogP contribution in [0.25, 0.3) is 0 Å². The maximum absolute atomic E-state index is 11.5. The fourth-order valence-electron chi connectivity index (χ4n) is 2.20. The zero-order chi connectivity index (χ0) is 10.9. The Morgan fingerprint density at radius 2 is 1.93 bits per heavy atom. The SMILES string of the molecule is CC.CC(C)C(=O)N1CC2(O)CC1C2. The van der Waals surface area contributed by atoms with Crippen LogP contribution in [0.15, 0.2) is 0 Å². The van der Waals surface area contributed by atoms with Gasteiger partial charge in [-0.15, -0.1) is 0 Å². The Hall–Kier alpha value is -0.570. The van der Waals surface area contributed by atoms with E-state index in [9.17, 15) is 9.90 Å². The van der Waals surface area contributed by atoms with Gasteiger partial charge in [-0.2, -0.15) is 0 Å². The molecule has 3 nitrogen and oxygen atoms in total. The third-order valence-electron chi connectivity index (χ3n) is 2.91. The van der Waals surface area contributed by atoms with Crippen LogP contribution in [-0.2, 0) is 4.79 Å². The Bertz CT molecular complexity index is 219. The fourth-order valence-corrected chi connectivity index (χ4v) is 2.20. The lowest BCUT2D eigenvalue weighted by Gasteiger charge is -2.31. The van der Waals surface area contributed by atoms with Crippen molar-refractivity contribution in [2.45, 2.75) is 52.2 Å². The van der Waals surface area contributed by atoms with Crippen LogP contribution in [-0.4, -0.2) is 34.1 Å². The molecule has 2 bridgehead atoms. The molecule has 2 saturated heterocycles. The summed E-state index contributed by atoms with van der Waals surface area (Å²) >= 11 is 0. The number of carbonyl (C=O) groups is 1. The molecule has 0 radical (unpaired) electrons. The van der Waals surface area contributed by atoms with Gasteiger partial charge in [0.2, 0.25) is 5.91 Å². The van der Waals surface area contributed by atoms with E-state index in [1.165, 1.54) is 0 Å². The Morgan fingerprint density at radius 1 is 1.43 bits per heavy atom. The summed E-state index contributed by atoms with van der Waals surface area (Å²) in [5.41, 5.74) is -0.519. The van der Waals surface area contributed by atoms with Crippen LogP contribution < -0.4 is 0 Å². The van der Waals surface area contributed by atoms with Crippen molar-refractivity contribution >= 4 is 5.91 Å². The molecule has 0 aromatic carbocycles. The second kappa shape index (κ2) is 3.89. The number of nitrogens with zero attached hydrogens (tertiary/aromatic N) is 1.